The maximum absolute atomic E-state index is 9.63. The van der Waals surface area contributed by atoms with Gasteiger partial charge in [-0.05, 0) is 31.5 Å². The first-order valence-electron chi connectivity index (χ1n) is 6.00. The van der Waals surface area contributed by atoms with Crippen LogP contribution >= 0.6 is 0 Å². The second kappa shape index (κ2) is 8.98. The monoisotopic (exact) mass is 239 g/mol. The van der Waals surface area contributed by atoms with Crippen molar-refractivity contribution in [1.82, 2.24) is 5.32 Å². The topological polar surface area (TPSA) is 61.7 Å². The van der Waals surface area contributed by atoms with Crippen molar-refractivity contribution in [2.75, 3.05) is 26.3 Å². The zero-order chi connectivity index (χ0) is 12.3. The smallest absolute Gasteiger partial charge is 0.119 e. The molecule has 0 amide bonds. The van der Waals surface area contributed by atoms with Crippen molar-refractivity contribution in [3.63, 3.8) is 0 Å². The highest BCUT2D eigenvalue weighted by molar-refractivity contribution is 5.20. The fourth-order valence-corrected chi connectivity index (χ4v) is 1.40. The number of ether oxygens (including phenoxy) is 1. The van der Waals surface area contributed by atoms with Gasteiger partial charge in [0.1, 0.15) is 18.5 Å². The Labute approximate surface area is 102 Å². The third-order valence-corrected chi connectivity index (χ3v) is 2.33. The molecule has 0 fully saturated rings. The van der Waals surface area contributed by atoms with E-state index in [1.807, 2.05) is 30.3 Å². The largest absolute Gasteiger partial charge is 0.491 e. The highest BCUT2D eigenvalue weighted by Crippen LogP contribution is 2.08. The number of aliphatic hydroxyl groups is 2. The summed E-state index contributed by atoms with van der Waals surface area (Å²) in [6.45, 7) is 1.83. The van der Waals surface area contributed by atoms with E-state index >= 15 is 0 Å². The van der Waals surface area contributed by atoms with E-state index in [2.05, 4.69) is 5.32 Å². The van der Waals surface area contributed by atoms with Crippen LogP contribution < -0.4 is 10.1 Å². The second-order valence-electron chi connectivity index (χ2n) is 3.91. The lowest BCUT2D eigenvalue weighted by atomic mass is 10.3. The van der Waals surface area contributed by atoms with Crippen LogP contribution in [0.2, 0.25) is 0 Å². The van der Waals surface area contributed by atoms with Gasteiger partial charge < -0.3 is 20.3 Å². The van der Waals surface area contributed by atoms with Crippen molar-refractivity contribution >= 4 is 0 Å². The van der Waals surface area contributed by atoms with Crippen LogP contribution in [0.25, 0.3) is 0 Å². The summed E-state index contributed by atoms with van der Waals surface area (Å²) in [6, 6.07) is 9.44. The van der Waals surface area contributed by atoms with E-state index in [-0.39, 0.29) is 13.2 Å². The fraction of sp³-hybridized carbons (Fsp3) is 0.538. The number of rotatable bonds is 9. The quantitative estimate of drug-likeness (QED) is 0.558. The van der Waals surface area contributed by atoms with Crippen LogP contribution in [0.15, 0.2) is 30.3 Å². The third-order valence-electron chi connectivity index (χ3n) is 2.33. The minimum Gasteiger partial charge on any atom is -0.491 e. The lowest BCUT2D eigenvalue weighted by molar-refractivity contribution is 0.106. The van der Waals surface area contributed by atoms with Gasteiger partial charge >= 0.3 is 0 Å². The van der Waals surface area contributed by atoms with Gasteiger partial charge in [0.25, 0.3) is 0 Å². The van der Waals surface area contributed by atoms with Gasteiger partial charge in [-0.15, -0.1) is 0 Å². The Morgan fingerprint density at radius 2 is 1.94 bits per heavy atom. The minimum atomic E-state index is -0.510. The first-order valence-corrected chi connectivity index (χ1v) is 6.00. The highest BCUT2D eigenvalue weighted by Gasteiger charge is 2.04. The van der Waals surface area contributed by atoms with E-state index < -0.39 is 6.10 Å². The van der Waals surface area contributed by atoms with Gasteiger partial charge in [-0.1, -0.05) is 18.2 Å². The molecule has 1 rings (SSSR count). The van der Waals surface area contributed by atoms with Crippen molar-refractivity contribution in [2.45, 2.75) is 18.9 Å². The van der Waals surface area contributed by atoms with Gasteiger partial charge in [-0.25, -0.2) is 0 Å². The summed E-state index contributed by atoms with van der Waals surface area (Å²) in [7, 11) is 0. The molecule has 0 aliphatic rings. The van der Waals surface area contributed by atoms with Crippen molar-refractivity contribution in [2.24, 2.45) is 0 Å². The lowest BCUT2D eigenvalue weighted by Crippen LogP contribution is -2.32. The first kappa shape index (κ1) is 14.0. The summed E-state index contributed by atoms with van der Waals surface area (Å²) < 4.78 is 5.42. The SMILES string of the molecule is OCCCCNCC(O)COc1ccccc1. The van der Waals surface area contributed by atoms with Crippen molar-refractivity contribution in [1.29, 1.82) is 0 Å². The van der Waals surface area contributed by atoms with E-state index in [4.69, 9.17) is 9.84 Å². The Kier molecular flexibility index (Phi) is 7.38. The zero-order valence-electron chi connectivity index (χ0n) is 10.0. The molecule has 0 heterocycles. The van der Waals surface area contributed by atoms with E-state index in [0.717, 1.165) is 25.1 Å². The number of benzene rings is 1. The Balaban J connectivity index is 2.03. The molecule has 1 aromatic carbocycles. The molecule has 96 valence electrons. The van der Waals surface area contributed by atoms with E-state index in [0.29, 0.717) is 6.54 Å². The van der Waals surface area contributed by atoms with Gasteiger partial charge in [0.05, 0.1) is 0 Å². The molecular weight excluding hydrogens is 218 g/mol. The summed E-state index contributed by atoms with van der Waals surface area (Å²) in [5, 5.41) is 21.3. The highest BCUT2D eigenvalue weighted by atomic mass is 16.5. The second-order valence-corrected chi connectivity index (χ2v) is 3.91. The number of para-hydroxylation sites is 1. The fourth-order valence-electron chi connectivity index (χ4n) is 1.40. The number of aliphatic hydroxyl groups excluding tert-OH is 2. The van der Waals surface area contributed by atoms with Crippen LogP contribution in [0, 0.1) is 0 Å². The molecule has 3 N–H and O–H groups in total. The first-order chi connectivity index (χ1) is 8.33. The molecule has 0 saturated heterocycles. The zero-order valence-corrected chi connectivity index (χ0v) is 10.0. The summed E-state index contributed by atoms with van der Waals surface area (Å²) in [6.07, 6.45) is 1.20. The van der Waals surface area contributed by atoms with E-state index in [1.54, 1.807) is 0 Å². The molecule has 4 heteroatoms. The summed E-state index contributed by atoms with van der Waals surface area (Å²) in [5.41, 5.74) is 0. The standard InChI is InChI=1S/C13H21NO3/c15-9-5-4-8-14-10-12(16)11-17-13-6-2-1-3-7-13/h1-3,6-7,12,14-16H,4-5,8-11H2. The molecule has 0 aromatic heterocycles. The van der Waals surface area contributed by atoms with Crippen molar-refractivity contribution in [3.8, 4) is 5.75 Å². The molecule has 4 nitrogen and oxygen atoms in total. The van der Waals surface area contributed by atoms with Gasteiger partial charge in [-0.2, -0.15) is 0 Å². The number of unbranched alkanes of at least 4 members (excludes halogenated alkanes) is 1. The average molecular weight is 239 g/mol. The molecule has 0 radical (unpaired) electrons. The van der Waals surface area contributed by atoms with Gasteiger partial charge in [0.2, 0.25) is 0 Å². The Hall–Kier alpha value is -1.10. The number of hydrogen-bond acceptors (Lipinski definition) is 4. The van der Waals surface area contributed by atoms with E-state index in [1.165, 1.54) is 0 Å². The van der Waals surface area contributed by atoms with Crippen LogP contribution in [-0.2, 0) is 0 Å². The molecule has 1 atom stereocenters. The average Bonchev–Trinajstić information content (AvgIpc) is 2.37. The van der Waals surface area contributed by atoms with Crippen LogP contribution in [0.4, 0.5) is 0 Å². The van der Waals surface area contributed by atoms with Crippen LogP contribution in [-0.4, -0.2) is 42.6 Å². The van der Waals surface area contributed by atoms with Crippen LogP contribution in [0.1, 0.15) is 12.8 Å². The van der Waals surface area contributed by atoms with Crippen LogP contribution in [0.3, 0.4) is 0 Å². The molecule has 0 aliphatic carbocycles. The predicted molar refractivity (Wildman–Crippen MR) is 67.1 cm³/mol. The predicted octanol–water partition coefficient (Wildman–Crippen LogP) is 0.788. The molecule has 17 heavy (non-hydrogen) atoms. The normalized spacial score (nSPS) is 12.4. The molecule has 0 spiro atoms. The maximum Gasteiger partial charge on any atom is 0.119 e. The molecule has 1 unspecified atom stereocenters. The Morgan fingerprint density at radius 1 is 1.18 bits per heavy atom. The van der Waals surface area contributed by atoms with Gasteiger partial charge in [-0.3, -0.25) is 0 Å². The van der Waals surface area contributed by atoms with E-state index in [9.17, 15) is 5.11 Å². The molecular formula is C13H21NO3. The van der Waals surface area contributed by atoms with Crippen molar-refractivity contribution < 1.29 is 14.9 Å². The molecule has 1 aromatic rings. The van der Waals surface area contributed by atoms with Gasteiger partial charge in [0.15, 0.2) is 0 Å². The third kappa shape index (κ3) is 6.94. The Morgan fingerprint density at radius 3 is 2.65 bits per heavy atom. The van der Waals surface area contributed by atoms with Crippen molar-refractivity contribution in [3.05, 3.63) is 30.3 Å². The number of nitrogens with one attached hydrogen (secondary N) is 1. The summed E-state index contributed by atoms with van der Waals surface area (Å²) >= 11 is 0. The molecule has 0 aliphatic heterocycles. The summed E-state index contributed by atoms with van der Waals surface area (Å²) in [5.74, 6) is 0.770. The lowest BCUT2D eigenvalue weighted by Gasteiger charge is -2.13. The molecule has 0 saturated carbocycles. The summed E-state index contributed by atoms with van der Waals surface area (Å²) in [4.78, 5) is 0. The Bertz CT molecular complexity index is 279. The maximum atomic E-state index is 9.63. The van der Waals surface area contributed by atoms with Gasteiger partial charge in [0, 0.05) is 13.2 Å². The van der Waals surface area contributed by atoms with Crippen LogP contribution in [0.5, 0.6) is 5.75 Å². The number of hydrogen-bond donors (Lipinski definition) is 3. The minimum absolute atomic E-state index is 0.224. The molecule has 0 bridgehead atoms.